The van der Waals surface area contributed by atoms with Gasteiger partial charge in [0.05, 0.1) is 0 Å². The Morgan fingerprint density at radius 2 is 1.90 bits per heavy atom. The number of hydrogen-bond acceptors (Lipinski definition) is 2. The molecule has 3 rings (SSSR count). The molecule has 0 saturated heterocycles. The molecule has 106 valence electrons. The Labute approximate surface area is 136 Å². The van der Waals surface area contributed by atoms with Crippen molar-refractivity contribution in [1.29, 1.82) is 0 Å². The zero-order valence-electron chi connectivity index (χ0n) is 11.7. The lowest BCUT2D eigenvalue weighted by Gasteiger charge is -2.07. The molecule has 1 amide bonds. The van der Waals surface area contributed by atoms with Crippen LogP contribution in [0.3, 0.4) is 0 Å². The minimum Gasteiger partial charge on any atom is -0.451 e. The number of carbonyl (C=O) groups is 1. The molecule has 1 N–H and O–H groups in total. The van der Waals surface area contributed by atoms with E-state index in [-0.39, 0.29) is 5.91 Å². The van der Waals surface area contributed by atoms with Crippen molar-refractivity contribution in [2.75, 3.05) is 5.32 Å². The average Bonchev–Trinajstić information content (AvgIpc) is 2.80. The molecular weight excluding hydrogens is 377 g/mol. The number of carbonyl (C=O) groups excluding carboxylic acids is 1. The van der Waals surface area contributed by atoms with E-state index in [9.17, 15) is 4.79 Å². The molecule has 2 aromatic carbocycles. The van der Waals surface area contributed by atoms with Gasteiger partial charge in [0, 0.05) is 20.2 Å². The zero-order chi connectivity index (χ0) is 15.0. The molecule has 0 aliphatic carbocycles. The third kappa shape index (κ3) is 2.68. The standard InChI is InChI=1S/C17H14INO2/c1-10-9-12(18)7-8-14(10)19-17(20)16-11(2)13-5-3-4-6-15(13)21-16/h3-9H,1-2H3,(H,19,20). The lowest BCUT2D eigenvalue weighted by atomic mass is 10.1. The highest BCUT2D eigenvalue weighted by Crippen LogP contribution is 2.26. The van der Waals surface area contributed by atoms with Gasteiger partial charge in [0.15, 0.2) is 5.76 Å². The first-order chi connectivity index (χ1) is 10.1. The molecule has 21 heavy (non-hydrogen) atoms. The number of amides is 1. The van der Waals surface area contributed by atoms with E-state index in [1.54, 1.807) is 0 Å². The molecule has 4 heteroatoms. The average molecular weight is 391 g/mol. The molecule has 0 fully saturated rings. The maximum atomic E-state index is 12.4. The van der Waals surface area contributed by atoms with E-state index in [2.05, 4.69) is 27.9 Å². The SMILES string of the molecule is Cc1cc(I)ccc1NC(=O)c1oc2ccccc2c1C. The second-order valence-corrected chi connectivity index (χ2v) is 6.21. The molecule has 0 aliphatic rings. The Kier molecular flexibility index (Phi) is 3.71. The summed E-state index contributed by atoms with van der Waals surface area (Å²) in [5.74, 6) is 0.155. The van der Waals surface area contributed by atoms with Crippen molar-refractivity contribution in [2.24, 2.45) is 0 Å². The summed E-state index contributed by atoms with van der Waals surface area (Å²) in [4.78, 5) is 12.4. The van der Waals surface area contributed by atoms with Crippen molar-refractivity contribution in [2.45, 2.75) is 13.8 Å². The highest BCUT2D eigenvalue weighted by molar-refractivity contribution is 14.1. The predicted octanol–water partition coefficient (Wildman–Crippen LogP) is 4.91. The van der Waals surface area contributed by atoms with Gasteiger partial charge in [0.1, 0.15) is 5.58 Å². The predicted molar refractivity (Wildman–Crippen MR) is 92.8 cm³/mol. The zero-order valence-corrected chi connectivity index (χ0v) is 13.9. The molecule has 0 spiro atoms. The van der Waals surface area contributed by atoms with Gasteiger partial charge in [-0.3, -0.25) is 4.79 Å². The summed E-state index contributed by atoms with van der Waals surface area (Å²) in [6, 6.07) is 13.6. The normalized spacial score (nSPS) is 10.8. The van der Waals surface area contributed by atoms with Gasteiger partial charge in [0.2, 0.25) is 0 Å². The van der Waals surface area contributed by atoms with Crippen LogP contribution in [0.15, 0.2) is 46.9 Å². The molecule has 3 aromatic rings. The van der Waals surface area contributed by atoms with Crippen LogP contribution < -0.4 is 5.32 Å². The van der Waals surface area contributed by atoms with Crippen molar-refractivity contribution < 1.29 is 9.21 Å². The molecule has 1 aromatic heterocycles. The molecule has 0 radical (unpaired) electrons. The van der Waals surface area contributed by atoms with Crippen molar-refractivity contribution in [3.05, 3.63) is 62.9 Å². The van der Waals surface area contributed by atoms with Gasteiger partial charge in [0.25, 0.3) is 5.91 Å². The van der Waals surface area contributed by atoms with Gasteiger partial charge in [-0.2, -0.15) is 0 Å². The molecule has 0 bridgehead atoms. The number of aryl methyl sites for hydroxylation is 2. The monoisotopic (exact) mass is 391 g/mol. The molecular formula is C17H14INO2. The summed E-state index contributed by atoms with van der Waals surface area (Å²) in [5, 5.41) is 3.89. The fourth-order valence-electron chi connectivity index (χ4n) is 2.34. The van der Waals surface area contributed by atoms with Gasteiger partial charge in [-0.25, -0.2) is 0 Å². The highest BCUT2D eigenvalue weighted by atomic mass is 127. The number of benzene rings is 2. The van der Waals surface area contributed by atoms with Crippen molar-refractivity contribution >= 4 is 45.2 Å². The lowest BCUT2D eigenvalue weighted by Crippen LogP contribution is -2.13. The summed E-state index contributed by atoms with van der Waals surface area (Å²) in [7, 11) is 0. The summed E-state index contributed by atoms with van der Waals surface area (Å²) >= 11 is 2.25. The first-order valence-corrected chi connectivity index (χ1v) is 7.70. The van der Waals surface area contributed by atoms with Crippen LogP contribution in [0, 0.1) is 17.4 Å². The fourth-order valence-corrected chi connectivity index (χ4v) is 2.98. The van der Waals surface area contributed by atoms with E-state index < -0.39 is 0 Å². The van der Waals surface area contributed by atoms with Crippen LogP contribution in [-0.4, -0.2) is 5.91 Å². The molecule has 1 heterocycles. The Balaban J connectivity index is 1.95. The number of halogens is 1. The summed E-state index contributed by atoms with van der Waals surface area (Å²) in [5.41, 5.74) is 3.44. The third-order valence-electron chi connectivity index (χ3n) is 3.49. The van der Waals surface area contributed by atoms with E-state index in [0.29, 0.717) is 5.76 Å². The third-order valence-corrected chi connectivity index (χ3v) is 4.16. The number of fused-ring (bicyclic) bond motifs is 1. The van der Waals surface area contributed by atoms with Crippen molar-refractivity contribution in [3.63, 3.8) is 0 Å². The summed E-state index contributed by atoms with van der Waals surface area (Å²) < 4.78 is 6.82. The van der Waals surface area contributed by atoms with E-state index in [0.717, 1.165) is 31.4 Å². The number of hydrogen-bond donors (Lipinski definition) is 1. The molecule has 0 saturated carbocycles. The summed E-state index contributed by atoms with van der Waals surface area (Å²) in [6.45, 7) is 3.88. The Morgan fingerprint density at radius 3 is 2.62 bits per heavy atom. The van der Waals surface area contributed by atoms with E-state index >= 15 is 0 Å². The largest absolute Gasteiger partial charge is 0.451 e. The minimum absolute atomic E-state index is 0.215. The van der Waals surface area contributed by atoms with Gasteiger partial charge < -0.3 is 9.73 Å². The van der Waals surface area contributed by atoms with E-state index in [1.807, 2.05) is 56.3 Å². The lowest BCUT2D eigenvalue weighted by molar-refractivity contribution is 0.0998. The van der Waals surface area contributed by atoms with Crippen LogP contribution in [0.4, 0.5) is 5.69 Å². The number of para-hydroxylation sites is 1. The topological polar surface area (TPSA) is 42.2 Å². The summed E-state index contributed by atoms with van der Waals surface area (Å²) in [6.07, 6.45) is 0. The smallest absolute Gasteiger partial charge is 0.291 e. The van der Waals surface area contributed by atoms with E-state index in [4.69, 9.17) is 4.42 Å². The van der Waals surface area contributed by atoms with Gasteiger partial charge in [-0.15, -0.1) is 0 Å². The Morgan fingerprint density at radius 1 is 1.14 bits per heavy atom. The maximum absolute atomic E-state index is 12.4. The quantitative estimate of drug-likeness (QED) is 0.631. The molecule has 0 unspecified atom stereocenters. The van der Waals surface area contributed by atoms with Crippen LogP contribution in [0.2, 0.25) is 0 Å². The number of nitrogens with one attached hydrogen (secondary N) is 1. The fraction of sp³-hybridized carbons (Fsp3) is 0.118. The van der Waals surface area contributed by atoms with Crippen LogP contribution in [-0.2, 0) is 0 Å². The van der Waals surface area contributed by atoms with Crippen LogP contribution >= 0.6 is 22.6 Å². The Hall–Kier alpha value is -1.82. The Bertz CT molecular complexity index is 836. The van der Waals surface area contributed by atoms with Gasteiger partial charge in [-0.1, -0.05) is 18.2 Å². The maximum Gasteiger partial charge on any atom is 0.291 e. The van der Waals surface area contributed by atoms with Gasteiger partial charge in [-0.05, 0) is 66.3 Å². The number of anilines is 1. The number of rotatable bonds is 2. The molecule has 0 atom stereocenters. The minimum atomic E-state index is -0.215. The second kappa shape index (κ2) is 5.52. The first kappa shape index (κ1) is 14.1. The molecule has 3 nitrogen and oxygen atoms in total. The van der Waals surface area contributed by atoms with Crippen LogP contribution in [0.5, 0.6) is 0 Å². The van der Waals surface area contributed by atoms with Crippen LogP contribution in [0.25, 0.3) is 11.0 Å². The molecule has 0 aliphatic heterocycles. The number of furan rings is 1. The van der Waals surface area contributed by atoms with E-state index in [1.165, 1.54) is 0 Å². The van der Waals surface area contributed by atoms with Crippen LogP contribution in [0.1, 0.15) is 21.7 Å². The first-order valence-electron chi connectivity index (χ1n) is 6.62. The van der Waals surface area contributed by atoms with Gasteiger partial charge >= 0.3 is 0 Å². The van der Waals surface area contributed by atoms with Crippen molar-refractivity contribution in [1.82, 2.24) is 0 Å². The second-order valence-electron chi connectivity index (χ2n) is 4.97. The highest BCUT2D eigenvalue weighted by Gasteiger charge is 2.17. The van der Waals surface area contributed by atoms with Crippen molar-refractivity contribution in [3.8, 4) is 0 Å².